The molecule has 0 aliphatic carbocycles. The van der Waals surface area contributed by atoms with Gasteiger partial charge in [-0.2, -0.15) is 0 Å². The van der Waals surface area contributed by atoms with E-state index in [-0.39, 0.29) is 0 Å². The highest BCUT2D eigenvalue weighted by molar-refractivity contribution is 5.66. The minimum atomic E-state index is -0.690. The van der Waals surface area contributed by atoms with Crippen molar-refractivity contribution in [2.24, 2.45) is 0 Å². The normalized spacial score (nSPS) is 12.7. The van der Waals surface area contributed by atoms with Crippen LogP contribution in [0.4, 0.5) is 0 Å². The number of hydrogen-bond acceptors (Lipinski definition) is 1. The van der Waals surface area contributed by atoms with Crippen molar-refractivity contribution < 1.29 is 9.90 Å². The van der Waals surface area contributed by atoms with Crippen LogP contribution in [0.25, 0.3) is 0 Å². The Labute approximate surface area is 148 Å². The Kier molecular flexibility index (Phi) is 17.8. The van der Waals surface area contributed by atoms with Crippen molar-refractivity contribution >= 4 is 5.97 Å². The first-order valence-electron chi connectivity index (χ1n) is 9.24. The average Bonchev–Trinajstić information content (AvgIpc) is 2.56. The summed E-state index contributed by atoms with van der Waals surface area (Å²) in [5.74, 6) is -0.690. The molecule has 0 saturated carbocycles. The molecule has 0 saturated heterocycles. The number of carbonyl (C=O) groups is 1. The van der Waals surface area contributed by atoms with Crippen molar-refractivity contribution in [1.82, 2.24) is 0 Å². The Hall–Kier alpha value is -1.83. The Morgan fingerprint density at radius 1 is 0.667 bits per heavy atom. The fourth-order valence-electron chi connectivity index (χ4n) is 2.08. The SMILES string of the molecule is CCC=CCC=CCC=CCC=CC/C=C/CCCCCC(=O)O. The minimum absolute atomic E-state index is 0.297. The molecular weight excluding hydrogens is 296 g/mol. The maximum absolute atomic E-state index is 10.3. The zero-order chi connectivity index (χ0) is 17.7. The average molecular weight is 331 g/mol. The topological polar surface area (TPSA) is 37.3 Å². The molecule has 0 radical (unpaired) electrons. The van der Waals surface area contributed by atoms with Gasteiger partial charge >= 0.3 is 5.97 Å². The van der Waals surface area contributed by atoms with Gasteiger partial charge in [0.05, 0.1) is 0 Å². The summed E-state index contributed by atoms with van der Waals surface area (Å²) >= 11 is 0. The van der Waals surface area contributed by atoms with Crippen molar-refractivity contribution in [2.75, 3.05) is 0 Å². The minimum Gasteiger partial charge on any atom is -0.481 e. The highest BCUT2D eigenvalue weighted by Crippen LogP contribution is 2.04. The second-order valence-electron chi connectivity index (χ2n) is 5.70. The van der Waals surface area contributed by atoms with Gasteiger partial charge in [-0.3, -0.25) is 4.79 Å². The van der Waals surface area contributed by atoms with E-state index >= 15 is 0 Å². The zero-order valence-corrected chi connectivity index (χ0v) is 15.2. The van der Waals surface area contributed by atoms with Crippen LogP contribution < -0.4 is 0 Å². The van der Waals surface area contributed by atoms with Crippen LogP contribution in [0.5, 0.6) is 0 Å². The van der Waals surface area contributed by atoms with Crippen molar-refractivity contribution in [3.63, 3.8) is 0 Å². The third-order valence-corrected chi connectivity index (χ3v) is 3.42. The Morgan fingerprint density at radius 2 is 1.12 bits per heavy atom. The second-order valence-corrected chi connectivity index (χ2v) is 5.70. The molecule has 134 valence electrons. The van der Waals surface area contributed by atoms with Crippen LogP contribution in [-0.2, 0) is 4.79 Å². The number of unbranched alkanes of at least 4 members (excludes halogenated alkanes) is 3. The van der Waals surface area contributed by atoms with Gasteiger partial charge in [0.15, 0.2) is 0 Å². The van der Waals surface area contributed by atoms with Gasteiger partial charge in [-0.05, 0) is 51.4 Å². The molecule has 0 rings (SSSR count). The standard InChI is InChI=1S/C22H34O2/c1-2-3-4-5-6-7-8-9-10-11-12-13-14-15-16-17-18-19-20-21-22(23)24/h3-4,6-7,9-10,12-13,15-16H,2,5,8,11,14,17-21H2,1H3,(H,23,24)/b4-3?,7-6?,10-9?,13-12?,16-15+. The van der Waals surface area contributed by atoms with Gasteiger partial charge in [-0.25, -0.2) is 0 Å². The molecule has 0 aliphatic rings. The fraction of sp³-hybridized carbons (Fsp3) is 0.500. The van der Waals surface area contributed by atoms with Crippen LogP contribution in [0, 0.1) is 0 Å². The largest absolute Gasteiger partial charge is 0.481 e. The molecule has 0 atom stereocenters. The first-order chi connectivity index (χ1) is 11.8. The summed E-state index contributed by atoms with van der Waals surface area (Å²) in [4.78, 5) is 10.3. The predicted octanol–water partition coefficient (Wildman–Crippen LogP) is 6.77. The summed E-state index contributed by atoms with van der Waals surface area (Å²) in [5, 5.41) is 8.52. The molecule has 2 heteroatoms. The van der Waals surface area contributed by atoms with Gasteiger partial charge in [0.2, 0.25) is 0 Å². The van der Waals surface area contributed by atoms with Gasteiger partial charge in [0.1, 0.15) is 0 Å². The number of aliphatic carboxylic acids is 1. The number of rotatable bonds is 15. The van der Waals surface area contributed by atoms with E-state index in [1.165, 1.54) is 0 Å². The van der Waals surface area contributed by atoms with Crippen molar-refractivity contribution in [1.29, 1.82) is 0 Å². The lowest BCUT2D eigenvalue weighted by molar-refractivity contribution is -0.137. The highest BCUT2D eigenvalue weighted by Gasteiger charge is 1.94. The maximum Gasteiger partial charge on any atom is 0.303 e. The molecule has 0 fully saturated rings. The highest BCUT2D eigenvalue weighted by atomic mass is 16.4. The molecule has 2 nitrogen and oxygen atoms in total. The first kappa shape index (κ1) is 22.2. The monoisotopic (exact) mass is 330 g/mol. The molecule has 1 N–H and O–H groups in total. The molecule has 0 amide bonds. The second kappa shape index (κ2) is 19.2. The van der Waals surface area contributed by atoms with Crippen LogP contribution in [0.15, 0.2) is 60.8 Å². The number of allylic oxidation sites excluding steroid dienone is 10. The molecule has 0 heterocycles. The predicted molar refractivity (Wildman–Crippen MR) is 105 cm³/mol. The van der Waals surface area contributed by atoms with Gasteiger partial charge in [0, 0.05) is 6.42 Å². The Morgan fingerprint density at radius 3 is 1.58 bits per heavy atom. The fourth-order valence-corrected chi connectivity index (χ4v) is 2.08. The summed E-state index contributed by atoms with van der Waals surface area (Å²) in [6, 6.07) is 0. The smallest absolute Gasteiger partial charge is 0.303 e. The first-order valence-corrected chi connectivity index (χ1v) is 9.24. The van der Waals surface area contributed by atoms with Crippen LogP contribution in [-0.4, -0.2) is 11.1 Å². The van der Waals surface area contributed by atoms with E-state index in [0.29, 0.717) is 6.42 Å². The van der Waals surface area contributed by atoms with E-state index < -0.39 is 5.97 Å². The summed E-state index contributed by atoms with van der Waals surface area (Å²) in [5.41, 5.74) is 0. The van der Waals surface area contributed by atoms with Crippen LogP contribution in [0.3, 0.4) is 0 Å². The van der Waals surface area contributed by atoms with Crippen LogP contribution in [0.2, 0.25) is 0 Å². The van der Waals surface area contributed by atoms with E-state index in [1.807, 2.05) is 0 Å². The van der Waals surface area contributed by atoms with Gasteiger partial charge in [0.25, 0.3) is 0 Å². The third kappa shape index (κ3) is 20.2. The van der Waals surface area contributed by atoms with Crippen LogP contribution >= 0.6 is 0 Å². The molecule has 0 aromatic rings. The van der Waals surface area contributed by atoms with Gasteiger partial charge in [-0.1, -0.05) is 74.1 Å². The van der Waals surface area contributed by atoms with Gasteiger partial charge in [-0.15, -0.1) is 0 Å². The van der Waals surface area contributed by atoms with Crippen LogP contribution in [0.1, 0.15) is 71.1 Å². The molecule has 0 spiro atoms. The molecular formula is C22H34O2. The van der Waals surface area contributed by atoms with Crippen molar-refractivity contribution in [3.05, 3.63) is 60.8 Å². The molecule has 0 aromatic carbocycles. The molecule has 0 aromatic heterocycles. The Bertz CT molecular complexity index is 425. The molecule has 0 unspecified atom stereocenters. The summed E-state index contributed by atoms with van der Waals surface area (Å²) in [6.07, 6.45) is 31.3. The van der Waals surface area contributed by atoms with E-state index in [9.17, 15) is 4.79 Å². The van der Waals surface area contributed by atoms with E-state index in [1.54, 1.807) is 0 Å². The number of hydrogen-bond donors (Lipinski definition) is 1. The summed E-state index contributed by atoms with van der Waals surface area (Å²) in [6.45, 7) is 2.15. The Balaban J connectivity index is 3.42. The summed E-state index contributed by atoms with van der Waals surface area (Å²) < 4.78 is 0. The third-order valence-electron chi connectivity index (χ3n) is 3.42. The maximum atomic E-state index is 10.3. The zero-order valence-electron chi connectivity index (χ0n) is 15.2. The van der Waals surface area contributed by atoms with Crippen molar-refractivity contribution in [2.45, 2.75) is 71.1 Å². The van der Waals surface area contributed by atoms with E-state index in [0.717, 1.165) is 57.8 Å². The van der Waals surface area contributed by atoms with Crippen molar-refractivity contribution in [3.8, 4) is 0 Å². The van der Waals surface area contributed by atoms with E-state index in [4.69, 9.17) is 5.11 Å². The summed E-state index contributed by atoms with van der Waals surface area (Å²) in [7, 11) is 0. The van der Waals surface area contributed by atoms with E-state index in [2.05, 4.69) is 67.7 Å². The lowest BCUT2D eigenvalue weighted by atomic mass is 10.1. The molecule has 0 aliphatic heterocycles. The number of carboxylic acids is 1. The molecule has 24 heavy (non-hydrogen) atoms. The molecule has 0 bridgehead atoms. The van der Waals surface area contributed by atoms with Gasteiger partial charge < -0.3 is 5.11 Å². The lowest BCUT2D eigenvalue weighted by Gasteiger charge is -1.94. The lowest BCUT2D eigenvalue weighted by Crippen LogP contribution is -1.93. The number of carboxylic acid groups (broad SMARTS) is 1. The quantitative estimate of drug-likeness (QED) is 0.265.